The van der Waals surface area contributed by atoms with Gasteiger partial charge in [-0.2, -0.15) is 0 Å². The van der Waals surface area contributed by atoms with Crippen LogP contribution in [0.3, 0.4) is 0 Å². The number of nitrogens with two attached hydrogens (primary N) is 1. The smallest absolute Gasteiger partial charge is 0.222 e. The molecule has 3 nitrogen and oxygen atoms in total. The molecule has 0 aliphatic heterocycles. The summed E-state index contributed by atoms with van der Waals surface area (Å²) < 4.78 is 0. The summed E-state index contributed by atoms with van der Waals surface area (Å²) in [4.78, 5) is 12.1. The van der Waals surface area contributed by atoms with Gasteiger partial charge in [0.05, 0.1) is 6.04 Å². The molecular weight excluding hydrogens is 236 g/mol. The van der Waals surface area contributed by atoms with E-state index in [-0.39, 0.29) is 17.5 Å². The Bertz CT molecular complexity index is 433. The molecule has 1 saturated carbocycles. The Hall–Kier alpha value is -1.35. The van der Waals surface area contributed by atoms with E-state index in [2.05, 4.69) is 36.5 Å². The molecule has 1 fully saturated rings. The standard InChI is InChI=1S/C16H24N2O/c1-12-5-7-14(8-6-12)13(2)18-15(19)11-16(17)9-3-4-10-16/h5-8,13H,3-4,9-11,17H2,1-2H3,(H,18,19). The molecule has 19 heavy (non-hydrogen) atoms. The third-order valence-electron chi connectivity index (χ3n) is 4.07. The third kappa shape index (κ3) is 3.80. The predicted octanol–water partition coefficient (Wildman–Crippen LogP) is 2.83. The van der Waals surface area contributed by atoms with Gasteiger partial charge in [0.15, 0.2) is 0 Å². The molecule has 3 heteroatoms. The molecule has 0 aromatic heterocycles. The van der Waals surface area contributed by atoms with E-state index in [1.165, 1.54) is 5.56 Å². The van der Waals surface area contributed by atoms with Crippen molar-refractivity contribution in [2.75, 3.05) is 0 Å². The zero-order valence-corrected chi connectivity index (χ0v) is 11.9. The number of hydrogen-bond donors (Lipinski definition) is 2. The summed E-state index contributed by atoms with van der Waals surface area (Å²) >= 11 is 0. The number of rotatable bonds is 4. The first-order valence-electron chi connectivity index (χ1n) is 7.13. The van der Waals surface area contributed by atoms with Gasteiger partial charge >= 0.3 is 0 Å². The van der Waals surface area contributed by atoms with Gasteiger partial charge in [0, 0.05) is 12.0 Å². The molecule has 3 N–H and O–H groups in total. The minimum Gasteiger partial charge on any atom is -0.350 e. The third-order valence-corrected chi connectivity index (χ3v) is 4.07. The highest BCUT2D eigenvalue weighted by Crippen LogP contribution is 2.30. The quantitative estimate of drug-likeness (QED) is 0.874. The average Bonchev–Trinajstić information content (AvgIpc) is 2.76. The summed E-state index contributed by atoms with van der Waals surface area (Å²) in [5, 5.41) is 3.05. The van der Waals surface area contributed by atoms with Crippen LogP contribution in [0.25, 0.3) is 0 Å². The van der Waals surface area contributed by atoms with Gasteiger partial charge in [-0.3, -0.25) is 4.79 Å². The van der Waals surface area contributed by atoms with Crippen molar-refractivity contribution >= 4 is 5.91 Å². The van der Waals surface area contributed by atoms with E-state index in [4.69, 9.17) is 5.73 Å². The normalized spacial score (nSPS) is 19.1. The van der Waals surface area contributed by atoms with Crippen LogP contribution >= 0.6 is 0 Å². The first-order valence-corrected chi connectivity index (χ1v) is 7.13. The first kappa shape index (κ1) is 14.1. The molecule has 104 valence electrons. The summed E-state index contributed by atoms with van der Waals surface area (Å²) in [6, 6.07) is 8.30. The highest BCUT2D eigenvalue weighted by molar-refractivity contribution is 5.77. The Morgan fingerprint density at radius 2 is 1.89 bits per heavy atom. The van der Waals surface area contributed by atoms with Gasteiger partial charge in [0.1, 0.15) is 0 Å². The molecule has 1 aromatic carbocycles. The SMILES string of the molecule is Cc1ccc(C(C)NC(=O)CC2(N)CCCC2)cc1. The maximum Gasteiger partial charge on any atom is 0.222 e. The summed E-state index contributed by atoms with van der Waals surface area (Å²) in [7, 11) is 0. The van der Waals surface area contributed by atoms with E-state index in [9.17, 15) is 4.79 Å². The number of amides is 1. The molecule has 1 amide bonds. The van der Waals surface area contributed by atoms with Gasteiger partial charge in [-0.25, -0.2) is 0 Å². The van der Waals surface area contributed by atoms with Crippen molar-refractivity contribution in [1.82, 2.24) is 5.32 Å². The van der Waals surface area contributed by atoms with Crippen molar-refractivity contribution in [3.8, 4) is 0 Å². The van der Waals surface area contributed by atoms with Crippen LogP contribution in [0.5, 0.6) is 0 Å². The van der Waals surface area contributed by atoms with Crippen LogP contribution in [0.1, 0.15) is 56.2 Å². The fourth-order valence-corrected chi connectivity index (χ4v) is 2.81. The van der Waals surface area contributed by atoms with Crippen molar-refractivity contribution < 1.29 is 4.79 Å². The van der Waals surface area contributed by atoms with Gasteiger partial charge in [0.25, 0.3) is 0 Å². The Balaban J connectivity index is 1.89. The Morgan fingerprint density at radius 3 is 2.47 bits per heavy atom. The van der Waals surface area contributed by atoms with E-state index >= 15 is 0 Å². The lowest BCUT2D eigenvalue weighted by atomic mass is 9.94. The lowest BCUT2D eigenvalue weighted by Crippen LogP contribution is -2.42. The Morgan fingerprint density at radius 1 is 1.32 bits per heavy atom. The molecule has 1 unspecified atom stereocenters. The monoisotopic (exact) mass is 260 g/mol. The second kappa shape index (κ2) is 5.74. The van der Waals surface area contributed by atoms with Gasteiger partial charge < -0.3 is 11.1 Å². The van der Waals surface area contributed by atoms with Crippen molar-refractivity contribution in [2.24, 2.45) is 5.73 Å². The highest BCUT2D eigenvalue weighted by Gasteiger charge is 2.31. The minimum absolute atomic E-state index is 0.0399. The highest BCUT2D eigenvalue weighted by atomic mass is 16.1. The van der Waals surface area contributed by atoms with Gasteiger partial charge in [-0.1, -0.05) is 42.7 Å². The number of aryl methyl sites for hydroxylation is 1. The maximum absolute atomic E-state index is 12.1. The largest absolute Gasteiger partial charge is 0.350 e. The molecule has 0 spiro atoms. The molecule has 2 rings (SSSR count). The van der Waals surface area contributed by atoms with Crippen molar-refractivity contribution in [3.05, 3.63) is 35.4 Å². The van der Waals surface area contributed by atoms with Crippen LogP contribution in [-0.4, -0.2) is 11.4 Å². The van der Waals surface area contributed by atoms with Crippen LogP contribution in [-0.2, 0) is 4.79 Å². The summed E-state index contributed by atoms with van der Waals surface area (Å²) in [6.45, 7) is 4.08. The maximum atomic E-state index is 12.1. The summed E-state index contributed by atoms with van der Waals surface area (Å²) in [6.07, 6.45) is 4.69. The van der Waals surface area contributed by atoms with Gasteiger partial charge in [-0.15, -0.1) is 0 Å². The zero-order valence-electron chi connectivity index (χ0n) is 11.9. The average molecular weight is 260 g/mol. The van der Waals surface area contributed by atoms with Crippen LogP contribution in [0.15, 0.2) is 24.3 Å². The Labute approximate surface area is 115 Å². The van der Waals surface area contributed by atoms with E-state index in [1.807, 2.05) is 6.92 Å². The van der Waals surface area contributed by atoms with Crippen LogP contribution in [0, 0.1) is 6.92 Å². The van der Waals surface area contributed by atoms with Crippen LogP contribution in [0.2, 0.25) is 0 Å². The number of carbonyl (C=O) groups is 1. The zero-order chi connectivity index (χ0) is 13.9. The molecule has 0 saturated heterocycles. The molecular formula is C16H24N2O. The molecule has 1 aliphatic rings. The Kier molecular flexibility index (Phi) is 4.25. The number of hydrogen-bond acceptors (Lipinski definition) is 2. The van der Waals surface area contributed by atoms with Gasteiger partial charge in [0.2, 0.25) is 5.91 Å². The van der Waals surface area contributed by atoms with E-state index in [1.54, 1.807) is 0 Å². The molecule has 1 atom stereocenters. The van der Waals surface area contributed by atoms with Crippen LogP contribution in [0.4, 0.5) is 0 Å². The lowest BCUT2D eigenvalue weighted by molar-refractivity contribution is -0.122. The fraction of sp³-hybridized carbons (Fsp3) is 0.562. The number of nitrogens with one attached hydrogen (secondary N) is 1. The molecule has 0 heterocycles. The van der Waals surface area contributed by atoms with E-state index in [0.717, 1.165) is 31.2 Å². The minimum atomic E-state index is -0.267. The summed E-state index contributed by atoms with van der Waals surface area (Å²) in [5.41, 5.74) is 8.33. The van der Waals surface area contributed by atoms with Crippen molar-refractivity contribution in [3.63, 3.8) is 0 Å². The van der Waals surface area contributed by atoms with Crippen molar-refractivity contribution in [2.45, 2.75) is 57.5 Å². The molecule has 0 bridgehead atoms. The van der Waals surface area contributed by atoms with Crippen molar-refractivity contribution in [1.29, 1.82) is 0 Å². The second-order valence-corrected chi connectivity index (χ2v) is 5.95. The van der Waals surface area contributed by atoms with E-state index < -0.39 is 0 Å². The first-order chi connectivity index (χ1) is 8.98. The predicted molar refractivity (Wildman–Crippen MR) is 77.7 cm³/mol. The topological polar surface area (TPSA) is 55.1 Å². The second-order valence-electron chi connectivity index (χ2n) is 5.95. The fourth-order valence-electron chi connectivity index (χ4n) is 2.81. The molecule has 1 aromatic rings. The number of carbonyl (C=O) groups excluding carboxylic acids is 1. The van der Waals surface area contributed by atoms with E-state index in [0.29, 0.717) is 6.42 Å². The summed E-state index contributed by atoms with van der Waals surface area (Å²) in [5.74, 6) is 0.0671. The molecule has 1 aliphatic carbocycles. The molecule has 0 radical (unpaired) electrons. The van der Waals surface area contributed by atoms with Gasteiger partial charge in [-0.05, 0) is 32.3 Å². The van der Waals surface area contributed by atoms with Crippen LogP contribution < -0.4 is 11.1 Å². The number of benzene rings is 1. The lowest BCUT2D eigenvalue weighted by Gasteiger charge is -2.24.